The smallest absolute Gasteiger partial charge is 0.353 e. The zero-order chi connectivity index (χ0) is 18.0. The second-order valence-electron chi connectivity index (χ2n) is 5.76. The number of nitrogens with two attached hydrogens (primary N) is 1. The lowest BCUT2D eigenvalue weighted by atomic mass is 10.3. The van der Waals surface area contributed by atoms with Crippen molar-refractivity contribution in [1.29, 1.82) is 0 Å². The highest BCUT2D eigenvalue weighted by Crippen LogP contribution is 2.33. The molecule has 1 fully saturated rings. The minimum Gasteiger partial charge on any atom is -0.378 e. The van der Waals surface area contributed by atoms with Crippen molar-refractivity contribution in [2.75, 3.05) is 49.2 Å². The number of piperazine rings is 1. The molecule has 2 heterocycles. The maximum atomic E-state index is 13.9. The molecule has 10 heteroatoms. The summed E-state index contributed by atoms with van der Waals surface area (Å²) in [6.07, 6.45) is 0. The van der Waals surface area contributed by atoms with Crippen LogP contribution in [0, 0.1) is 15.9 Å². The number of nitrogens with zero attached hydrogens (tertiary/aromatic N) is 5. The van der Waals surface area contributed by atoms with Gasteiger partial charge in [0.15, 0.2) is 0 Å². The zero-order valence-corrected chi connectivity index (χ0v) is 13.6. The second kappa shape index (κ2) is 6.85. The third-order valence-electron chi connectivity index (χ3n) is 3.99. The van der Waals surface area contributed by atoms with Gasteiger partial charge in [0.25, 0.3) is 0 Å². The van der Waals surface area contributed by atoms with Crippen LogP contribution in [0.4, 0.5) is 33.3 Å². The van der Waals surface area contributed by atoms with Gasteiger partial charge in [0.1, 0.15) is 5.82 Å². The maximum absolute atomic E-state index is 13.9. The first-order valence-corrected chi connectivity index (χ1v) is 7.72. The van der Waals surface area contributed by atoms with Crippen LogP contribution in [-0.4, -0.2) is 53.0 Å². The SMILES string of the molecule is CN1CCN(c2nc(N)c([N+](=O)[O-])c(Nc3ccccc3F)n2)CC1. The molecular weight excluding hydrogens is 329 g/mol. The number of halogens is 1. The number of likely N-dealkylation sites (N-methyl/N-ethyl adjacent to an activating group) is 1. The normalized spacial score (nSPS) is 15.2. The average molecular weight is 347 g/mol. The molecule has 2 aromatic rings. The third kappa shape index (κ3) is 3.58. The number of para-hydroxylation sites is 1. The van der Waals surface area contributed by atoms with Crippen LogP contribution in [0.2, 0.25) is 0 Å². The number of nitrogens with one attached hydrogen (secondary N) is 1. The lowest BCUT2D eigenvalue weighted by Crippen LogP contribution is -2.45. The fourth-order valence-electron chi connectivity index (χ4n) is 2.57. The van der Waals surface area contributed by atoms with Crippen molar-refractivity contribution in [2.45, 2.75) is 0 Å². The van der Waals surface area contributed by atoms with Gasteiger partial charge in [0.05, 0.1) is 10.6 Å². The van der Waals surface area contributed by atoms with Crippen LogP contribution in [0.5, 0.6) is 0 Å². The van der Waals surface area contributed by atoms with Gasteiger partial charge in [-0.1, -0.05) is 12.1 Å². The molecule has 0 spiro atoms. The van der Waals surface area contributed by atoms with E-state index in [0.29, 0.717) is 13.1 Å². The van der Waals surface area contributed by atoms with Crippen LogP contribution in [0.25, 0.3) is 0 Å². The number of rotatable bonds is 4. The quantitative estimate of drug-likeness (QED) is 0.633. The first-order chi connectivity index (χ1) is 12.0. The predicted molar refractivity (Wildman–Crippen MR) is 92.5 cm³/mol. The number of aromatic nitrogens is 2. The molecule has 0 radical (unpaired) electrons. The van der Waals surface area contributed by atoms with Crippen molar-refractivity contribution >= 4 is 29.0 Å². The van der Waals surface area contributed by atoms with Crippen LogP contribution in [0.1, 0.15) is 0 Å². The van der Waals surface area contributed by atoms with E-state index in [1.807, 2.05) is 11.9 Å². The van der Waals surface area contributed by atoms with Crippen LogP contribution < -0.4 is 16.0 Å². The van der Waals surface area contributed by atoms with E-state index in [1.54, 1.807) is 6.07 Å². The largest absolute Gasteiger partial charge is 0.378 e. The Balaban J connectivity index is 1.99. The van der Waals surface area contributed by atoms with Gasteiger partial charge >= 0.3 is 5.69 Å². The van der Waals surface area contributed by atoms with Gasteiger partial charge in [0, 0.05) is 26.2 Å². The number of hydrogen-bond acceptors (Lipinski definition) is 8. The molecule has 0 bridgehead atoms. The summed E-state index contributed by atoms with van der Waals surface area (Å²) in [5, 5.41) is 14.0. The predicted octanol–water partition coefficient (Wildman–Crippen LogP) is 1.60. The molecule has 9 nitrogen and oxygen atoms in total. The number of nitrogen functional groups attached to an aromatic ring is 1. The highest BCUT2D eigenvalue weighted by atomic mass is 19.1. The van der Waals surface area contributed by atoms with E-state index in [2.05, 4.69) is 20.2 Å². The number of hydrogen-bond donors (Lipinski definition) is 2. The van der Waals surface area contributed by atoms with Crippen molar-refractivity contribution in [1.82, 2.24) is 14.9 Å². The molecule has 1 saturated heterocycles. The van der Waals surface area contributed by atoms with Crippen molar-refractivity contribution in [3.05, 3.63) is 40.2 Å². The van der Waals surface area contributed by atoms with E-state index in [1.165, 1.54) is 18.2 Å². The van der Waals surface area contributed by atoms with Gasteiger partial charge < -0.3 is 20.9 Å². The highest BCUT2D eigenvalue weighted by Gasteiger charge is 2.26. The van der Waals surface area contributed by atoms with Gasteiger partial charge in [-0.05, 0) is 19.2 Å². The van der Waals surface area contributed by atoms with E-state index < -0.39 is 16.4 Å². The van der Waals surface area contributed by atoms with E-state index in [-0.39, 0.29) is 23.3 Å². The minimum atomic E-state index is -0.674. The Kier molecular flexibility index (Phi) is 4.61. The standard InChI is InChI=1S/C15H18FN7O2/c1-21-6-8-22(9-7-21)15-19-13(17)12(23(24)25)14(20-15)18-11-5-3-2-4-10(11)16/h2-5H,6-9H2,1H3,(H3,17,18,19,20). The molecular formula is C15H18FN7O2. The Labute approximate surface area is 143 Å². The molecule has 0 unspecified atom stereocenters. The van der Waals surface area contributed by atoms with Gasteiger partial charge in [-0.25, -0.2) is 4.39 Å². The fraction of sp³-hybridized carbons (Fsp3) is 0.333. The topological polar surface area (TPSA) is 113 Å². The number of benzene rings is 1. The molecule has 0 aliphatic carbocycles. The van der Waals surface area contributed by atoms with Crippen LogP contribution in [-0.2, 0) is 0 Å². The Hall–Kier alpha value is -3.01. The van der Waals surface area contributed by atoms with Crippen LogP contribution in [0.15, 0.2) is 24.3 Å². The number of anilines is 4. The van der Waals surface area contributed by atoms with Crippen molar-refractivity contribution in [3.63, 3.8) is 0 Å². The molecule has 25 heavy (non-hydrogen) atoms. The molecule has 0 saturated carbocycles. The third-order valence-corrected chi connectivity index (χ3v) is 3.99. The fourth-order valence-corrected chi connectivity index (χ4v) is 2.57. The lowest BCUT2D eigenvalue weighted by Gasteiger charge is -2.32. The Morgan fingerprint density at radius 2 is 1.92 bits per heavy atom. The van der Waals surface area contributed by atoms with E-state index >= 15 is 0 Å². The Morgan fingerprint density at radius 1 is 1.24 bits per heavy atom. The molecule has 1 aliphatic heterocycles. The number of nitro groups is 1. The monoisotopic (exact) mass is 347 g/mol. The van der Waals surface area contributed by atoms with E-state index in [0.717, 1.165) is 13.1 Å². The summed E-state index contributed by atoms with van der Waals surface area (Å²) in [5.41, 5.74) is 5.39. The highest BCUT2D eigenvalue weighted by molar-refractivity contribution is 5.74. The molecule has 1 aromatic heterocycles. The Bertz CT molecular complexity index is 793. The van der Waals surface area contributed by atoms with Gasteiger partial charge in [-0.2, -0.15) is 9.97 Å². The summed E-state index contributed by atoms with van der Waals surface area (Å²) >= 11 is 0. The molecule has 1 aliphatic rings. The summed E-state index contributed by atoms with van der Waals surface area (Å²) in [6.45, 7) is 2.98. The lowest BCUT2D eigenvalue weighted by molar-refractivity contribution is -0.383. The van der Waals surface area contributed by atoms with Crippen LogP contribution >= 0.6 is 0 Å². The molecule has 3 rings (SSSR count). The average Bonchev–Trinajstić information content (AvgIpc) is 2.57. The van der Waals surface area contributed by atoms with E-state index in [4.69, 9.17) is 5.73 Å². The summed E-state index contributed by atoms with van der Waals surface area (Å²) in [5.74, 6) is -0.644. The van der Waals surface area contributed by atoms with Gasteiger partial charge in [-0.3, -0.25) is 10.1 Å². The summed E-state index contributed by atoms with van der Waals surface area (Å²) < 4.78 is 13.9. The van der Waals surface area contributed by atoms with Crippen molar-refractivity contribution in [2.24, 2.45) is 0 Å². The van der Waals surface area contributed by atoms with E-state index in [9.17, 15) is 14.5 Å². The van der Waals surface area contributed by atoms with Crippen molar-refractivity contribution in [3.8, 4) is 0 Å². The van der Waals surface area contributed by atoms with Crippen molar-refractivity contribution < 1.29 is 9.31 Å². The molecule has 3 N–H and O–H groups in total. The first-order valence-electron chi connectivity index (χ1n) is 7.72. The zero-order valence-electron chi connectivity index (χ0n) is 13.6. The molecule has 132 valence electrons. The van der Waals surface area contributed by atoms with Gasteiger partial charge in [0.2, 0.25) is 17.6 Å². The molecule has 1 aromatic carbocycles. The summed E-state index contributed by atoms with van der Waals surface area (Å²) in [4.78, 5) is 23.0. The Morgan fingerprint density at radius 3 is 2.56 bits per heavy atom. The maximum Gasteiger partial charge on any atom is 0.353 e. The first kappa shape index (κ1) is 16.8. The van der Waals surface area contributed by atoms with Crippen LogP contribution in [0.3, 0.4) is 0 Å². The van der Waals surface area contributed by atoms with Gasteiger partial charge in [-0.15, -0.1) is 0 Å². The summed E-state index contributed by atoms with van der Waals surface area (Å²) in [7, 11) is 2.01. The molecule has 0 amide bonds. The summed E-state index contributed by atoms with van der Waals surface area (Å²) in [6, 6.07) is 5.86. The minimum absolute atomic E-state index is 0.0769. The molecule has 0 atom stereocenters. The second-order valence-corrected chi connectivity index (χ2v) is 5.76.